The lowest BCUT2D eigenvalue weighted by atomic mass is 9.60. The number of phenolic OH excluding ortho intramolecular Hbond substituents is 1. The number of hydrogen-bond donors (Lipinski definition) is 5. The molecule has 0 aliphatic heterocycles. The van der Waals surface area contributed by atoms with Crippen molar-refractivity contribution >= 4 is 40.1 Å². The van der Waals surface area contributed by atoms with Gasteiger partial charge in [-0.3, -0.25) is 14.4 Å². The molecule has 0 spiro atoms. The number of aromatic hydroxyl groups is 1. The van der Waals surface area contributed by atoms with Crippen LogP contribution in [0, 0.1) is 15.4 Å². The van der Waals surface area contributed by atoms with E-state index in [2.05, 4.69) is 0 Å². The monoisotopic (exact) mass is 497 g/mol. The summed E-state index contributed by atoms with van der Waals surface area (Å²) in [6.07, 6.45) is 0.224. The van der Waals surface area contributed by atoms with Gasteiger partial charge >= 0.3 is 0 Å². The van der Waals surface area contributed by atoms with E-state index in [1.165, 1.54) is 0 Å². The Bertz CT molecular complexity index is 1040. The molecule has 0 fully saturated rings. The van der Waals surface area contributed by atoms with E-state index in [1.54, 1.807) is 12.1 Å². The lowest BCUT2D eigenvalue weighted by molar-refractivity contribution is -0.144. The van der Waals surface area contributed by atoms with Gasteiger partial charge in [0, 0.05) is 17.9 Å². The molecule has 3 atom stereocenters. The summed E-state index contributed by atoms with van der Waals surface area (Å²) in [5.41, 5.74) is 2.34. The summed E-state index contributed by atoms with van der Waals surface area (Å²) in [5, 5.41) is 42.3. The summed E-state index contributed by atoms with van der Waals surface area (Å²) in [7, 11) is 0. The van der Waals surface area contributed by atoms with Crippen molar-refractivity contribution in [2.45, 2.75) is 24.9 Å². The van der Waals surface area contributed by atoms with Gasteiger partial charge < -0.3 is 26.2 Å². The number of rotatable bonds is 1. The molecular weight excluding hydrogens is 481 g/mol. The first-order chi connectivity index (χ1) is 13.1. The number of benzene rings is 1. The standard InChI is InChI=1S/C19H16INO7/c20-9-2-1-6-3-7-4-8-5-10(22)13(18(21)27)17(26)19(8,28)16(25)12(7)15(24)11(6)14(9)23/h1-2,7-8,22-23,25,28H,3-5H2,(H2,21,27)/t7-,8-,19-/m0/s1. The zero-order chi connectivity index (χ0) is 20.5. The van der Waals surface area contributed by atoms with Gasteiger partial charge in [0.1, 0.15) is 22.8 Å². The Kier molecular flexibility index (Phi) is 4.09. The van der Waals surface area contributed by atoms with E-state index in [9.17, 15) is 34.8 Å². The first-order valence-electron chi connectivity index (χ1n) is 8.56. The van der Waals surface area contributed by atoms with Crippen LogP contribution in [0.25, 0.3) is 0 Å². The second kappa shape index (κ2) is 6.05. The number of ketones is 2. The molecule has 0 saturated carbocycles. The van der Waals surface area contributed by atoms with Crippen molar-refractivity contribution in [1.82, 2.24) is 0 Å². The molecule has 3 aliphatic rings. The van der Waals surface area contributed by atoms with Crippen LogP contribution in [0.2, 0.25) is 0 Å². The fraction of sp³-hybridized carbons (Fsp3) is 0.316. The lowest BCUT2D eigenvalue weighted by Gasteiger charge is -2.45. The molecule has 1 aromatic rings. The lowest BCUT2D eigenvalue weighted by Crippen LogP contribution is -2.57. The number of fused-ring (bicyclic) bond motifs is 3. The van der Waals surface area contributed by atoms with Crippen LogP contribution < -0.4 is 5.73 Å². The number of carbonyl (C=O) groups excluding carboxylic acids is 3. The molecule has 0 heterocycles. The number of carbonyl (C=O) groups is 3. The Balaban J connectivity index is 1.92. The van der Waals surface area contributed by atoms with E-state index in [0.29, 0.717) is 15.6 Å². The molecule has 0 bridgehead atoms. The van der Waals surface area contributed by atoms with Gasteiger partial charge in [0.15, 0.2) is 11.4 Å². The molecule has 1 aromatic carbocycles. The predicted molar refractivity (Wildman–Crippen MR) is 104 cm³/mol. The van der Waals surface area contributed by atoms with E-state index in [1.807, 2.05) is 22.6 Å². The van der Waals surface area contributed by atoms with E-state index >= 15 is 0 Å². The fourth-order valence-electron chi connectivity index (χ4n) is 4.57. The van der Waals surface area contributed by atoms with Crippen LogP contribution in [0.4, 0.5) is 0 Å². The van der Waals surface area contributed by atoms with Gasteiger partial charge in [0.25, 0.3) is 5.91 Å². The molecule has 0 radical (unpaired) electrons. The first-order valence-corrected chi connectivity index (χ1v) is 9.64. The van der Waals surface area contributed by atoms with Crippen molar-refractivity contribution in [3.63, 3.8) is 0 Å². The molecule has 0 unspecified atom stereocenters. The van der Waals surface area contributed by atoms with Gasteiger partial charge in [-0.25, -0.2) is 0 Å². The molecule has 1 amide bonds. The topological polar surface area (TPSA) is 158 Å². The second-order valence-corrected chi connectivity index (χ2v) is 8.50. The number of nitrogens with two attached hydrogens (primary N) is 1. The summed E-state index contributed by atoms with van der Waals surface area (Å²) in [5.74, 6) is -6.11. The van der Waals surface area contributed by atoms with Gasteiger partial charge in [0.2, 0.25) is 5.78 Å². The number of phenols is 1. The molecule has 6 N–H and O–H groups in total. The summed E-state index contributed by atoms with van der Waals surface area (Å²) < 4.78 is 0.452. The smallest absolute Gasteiger partial charge is 0.255 e. The zero-order valence-corrected chi connectivity index (χ0v) is 16.6. The molecule has 146 valence electrons. The molecule has 3 aliphatic carbocycles. The van der Waals surface area contributed by atoms with E-state index in [0.717, 1.165) is 0 Å². The van der Waals surface area contributed by atoms with Crippen molar-refractivity contribution in [2.24, 2.45) is 17.6 Å². The Morgan fingerprint density at radius 3 is 2.50 bits per heavy atom. The molecule has 4 rings (SSSR count). The largest absolute Gasteiger partial charge is 0.511 e. The quantitative estimate of drug-likeness (QED) is 0.288. The number of halogens is 1. The number of Topliss-reactive ketones (excluding diaryl/α,β-unsaturated/α-hetero) is 2. The molecule has 28 heavy (non-hydrogen) atoms. The van der Waals surface area contributed by atoms with Gasteiger partial charge in [0.05, 0.1) is 9.13 Å². The van der Waals surface area contributed by atoms with Crippen molar-refractivity contribution in [1.29, 1.82) is 0 Å². The maximum Gasteiger partial charge on any atom is 0.255 e. The highest BCUT2D eigenvalue weighted by atomic mass is 127. The molecule has 9 heteroatoms. The maximum absolute atomic E-state index is 13.1. The number of amides is 1. The highest BCUT2D eigenvalue weighted by Crippen LogP contribution is 2.51. The van der Waals surface area contributed by atoms with Gasteiger partial charge in [-0.15, -0.1) is 0 Å². The van der Waals surface area contributed by atoms with Crippen LogP contribution >= 0.6 is 22.6 Å². The summed E-state index contributed by atoms with van der Waals surface area (Å²) in [6.45, 7) is 0. The third-order valence-corrected chi connectivity index (χ3v) is 6.76. The Morgan fingerprint density at radius 2 is 1.86 bits per heavy atom. The second-order valence-electron chi connectivity index (χ2n) is 7.34. The van der Waals surface area contributed by atoms with Crippen LogP contribution in [-0.2, 0) is 16.0 Å². The first kappa shape index (κ1) is 18.9. The highest BCUT2D eigenvalue weighted by molar-refractivity contribution is 14.1. The third kappa shape index (κ3) is 2.29. The van der Waals surface area contributed by atoms with E-state index in [-0.39, 0.29) is 29.7 Å². The average molecular weight is 497 g/mol. The molecule has 8 nitrogen and oxygen atoms in total. The highest BCUT2D eigenvalue weighted by Gasteiger charge is 2.59. The Labute approximate surface area is 172 Å². The van der Waals surface area contributed by atoms with Crippen LogP contribution in [0.5, 0.6) is 5.75 Å². The number of allylic oxidation sites excluding steroid dienone is 2. The molecule has 0 saturated heterocycles. The minimum Gasteiger partial charge on any atom is -0.511 e. The van der Waals surface area contributed by atoms with Crippen LogP contribution in [0.15, 0.2) is 34.8 Å². The summed E-state index contributed by atoms with van der Waals surface area (Å²) in [6, 6.07) is 3.39. The van der Waals surface area contributed by atoms with Crippen LogP contribution in [0.1, 0.15) is 28.8 Å². The van der Waals surface area contributed by atoms with Crippen molar-refractivity contribution in [2.75, 3.05) is 0 Å². The summed E-state index contributed by atoms with van der Waals surface area (Å²) in [4.78, 5) is 37.4. The number of aliphatic hydroxyl groups is 3. The average Bonchev–Trinajstić information content (AvgIpc) is 2.61. The number of hydrogen-bond acceptors (Lipinski definition) is 7. The van der Waals surface area contributed by atoms with E-state index < -0.39 is 52.0 Å². The van der Waals surface area contributed by atoms with Gasteiger partial charge in [-0.05, 0) is 53.0 Å². The Morgan fingerprint density at radius 1 is 1.18 bits per heavy atom. The number of aliphatic hydroxyl groups excluding tert-OH is 2. The Hall–Kier alpha value is -2.40. The van der Waals surface area contributed by atoms with Gasteiger partial charge in [-0.2, -0.15) is 0 Å². The maximum atomic E-state index is 13.1. The minimum atomic E-state index is -2.52. The summed E-state index contributed by atoms with van der Waals surface area (Å²) >= 11 is 1.87. The third-order valence-electron chi connectivity index (χ3n) is 5.89. The van der Waals surface area contributed by atoms with Gasteiger partial charge in [-0.1, -0.05) is 6.07 Å². The van der Waals surface area contributed by atoms with Crippen LogP contribution in [-0.4, -0.2) is 43.5 Å². The van der Waals surface area contributed by atoms with Crippen molar-refractivity contribution < 1.29 is 34.8 Å². The SMILES string of the molecule is NC(=O)C1=C(O)C[C@@H]2C[C@@H]3Cc4ccc(I)c(O)c4C(=O)C3=C(O)[C@]2(O)C1=O. The van der Waals surface area contributed by atoms with Crippen molar-refractivity contribution in [3.8, 4) is 5.75 Å². The number of primary amides is 1. The fourth-order valence-corrected chi connectivity index (χ4v) is 5.02. The predicted octanol–water partition coefficient (Wildman–Crippen LogP) is 1.19. The van der Waals surface area contributed by atoms with Crippen LogP contribution in [0.3, 0.4) is 0 Å². The van der Waals surface area contributed by atoms with E-state index in [4.69, 9.17) is 5.73 Å². The van der Waals surface area contributed by atoms with Crippen molar-refractivity contribution in [3.05, 3.63) is 49.5 Å². The molecule has 0 aromatic heterocycles. The minimum absolute atomic E-state index is 0.0310. The normalized spacial score (nSPS) is 29.4. The zero-order valence-electron chi connectivity index (χ0n) is 14.4. The molecular formula is C19H16INO7.